The molecule has 2 nitrogen and oxygen atoms in total. The second-order valence-corrected chi connectivity index (χ2v) is 6.94. The zero-order chi connectivity index (χ0) is 12.3. The van der Waals surface area contributed by atoms with Crippen molar-refractivity contribution in [3.63, 3.8) is 0 Å². The summed E-state index contributed by atoms with van der Waals surface area (Å²) in [6.07, 6.45) is 5.32. The lowest BCUT2D eigenvalue weighted by atomic mass is 9.95. The number of likely N-dealkylation sites (N-methyl/N-ethyl adjacent to an activating group) is 1. The van der Waals surface area contributed by atoms with Crippen LogP contribution in [0.2, 0.25) is 0 Å². The summed E-state index contributed by atoms with van der Waals surface area (Å²) in [5.74, 6) is 0.621. The first-order valence-electron chi connectivity index (χ1n) is 6.17. The van der Waals surface area contributed by atoms with E-state index in [2.05, 4.69) is 60.6 Å². The molecule has 0 aliphatic carbocycles. The van der Waals surface area contributed by atoms with Gasteiger partial charge in [-0.25, -0.2) is 0 Å². The fraction of sp³-hybridized carbons (Fsp3) is 0.500. The van der Waals surface area contributed by atoms with Gasteiger partial charge in [0.2, 0.25) is 0 Å². The van der Waals surface area contributed by atoms with E-state index < -0.39 is 0 Å². The molecular formula is C14H22N2P+. The zero-order valence-corrected chi connectivity index (χ0v) is 11.7. The minimum Gasteiger partial charge on any atom is -0.315 e. The van der Waals surface area contributed by atoms with Crippen LogP contribution < -0.4 is 5.32 Å². The highest BCUT2D eigenvalue weighted by Crippen LogP contribution is 2.29. The van der Waals surface area contributed by atoms with E-state index in [1.54, 1.807) is 0 Å². The van der Waals surface area contributed by atoms with Gasteiger partial charge in [0.15, 0.2) is 6.29 Å². The second kappa shape index (κ2) is 5.77. The summed E-state index contributed by atoms with van der Waals surface area (Å²) >= 11 is 0. The first-order chi connectivity index (χ1) is 8.20. The van der Waals surface area contributed by atoms with Crippen molar-refractivity contribution in [2.75, 3.05) is 33.1 Å². The van der Waals surface area contributed by atoms with Crippen molar-refractivity contribution in [1.29, 1.82) is 0 Å². The van der Waals surface area contributed by atoms with Gasteiger partial charge in [0.25, 0.3) is 0 Å². The van der Waals surface area contributed by atoms with E-state index in [0.717, 1.165) is 19.4 Å². The van der Waals surface area contributed by atoms with Gasteiger partial charge in [-0.2, -0.15) is 0 Å². The smallest absolute Gasteiger partial charge is 0.159 e. The number of benzene rings is 1. The van der Waals surface area contributed by atoms with Crippen LogP contribution >= 0.6 is 7.55 Å². The number of nitrogens with zero attached hydrogens (tertiary/aromatic N) is 1. The van der Waals surface area contributed by atoms with E-state index in [1.807, 2.05) is 0 Å². The van der Waals surface area contributed by atoms with Crippen molar-refractivity contribution < 1.29 is 0 Å². The molecule has 92 valence electrons. The summed E-state index contributed by atoms with van der Waals surface area (Å²) in [4.78, 5) is 2.55. The number of hydrogen-bond donors (Lipinski definition) is 1. The summed E-state index contributed by atoms with van der Waals surface area (Å²) in [5, 5.41) is 3.46. The average molecular weight is 249 g/mol. The first-order valence-corrected chi connectivity index (χ1v) is 8.33. The Morgan fingerprint density at radius 2 is 2.06 bits per heavy atom. The SMILES string of the molecule is C=[P+](C)CN1CC(NC)C(c2ccccc2)C1. The van der Waals surface area contributed by atoms with Crippen LogP contribution in [0.15, 0.2) is 30.3 Å². The van der Waals surface area contributed by atoms with Gasteiger partial charge >= 0.3 is 0 Å². The van der Waals surface area contributed by atoms with E-state index in [0.29, 0.717) is 12.0 Å². The maximum atomic E-state index is 4.15. The molecule has 0 amide bonds. The third kappa shape index (κ3) is 3.16. The van der Waals surface area contributed by atoms with Crippen molar-refractivity contribution in [1.82, 2.24) is 10.2 Å². The molecule has 1 heterocycles. The molecule has 0 bridgehead atoms. The second-order valence-electron chi connectivity index (χ2n) is 4.95. The molecule has 1 fully saturated rings. The molecule has 1 aromatic rings. The summed E-state index contributed by atoms with van der Waals surface area (Å²) in [6.45, 7) is 4.57. The van der Waals surface area contributed by atoms with Crippen LogP contribution in [0.1, 0.15) is 11.5 Å². The molecule has 1 N–H and O–H groups in total. The van der Waals surface area contributed by atoms with Crippen LogP contribution in [-0.2, 0) is 0 Å². The Labute approximate surface area is 105 Å². The van der Waals surface area contributed by atoms with Gasteiger partial charge in [-0.15, -0.1) is 0 Å². The van der Waals surface area contributed by atoms with E-state index in [4.69, 9.17) is 0 Å². The lowest BCUT2D eigenvalue weighted by Crippen LogP contribution is -2.32. The normalized spacial score (nSPS) is 26.1. The Morgan fingerprint density at radius 3 is 2.65 bits per heavy atom. The maximum absolute atomic E-state index is 4.15. The molecule has 17 heavy (non-hydrogen) atoms. The highest BCUT2D eigenvalue weighted by atomic mass is 31.1. The van der Waals surface area contributed by atoms with E-state index >= 15 is 0 Å². The van der Waals surface area contributed by atoms with Crippen molar-refractivity contribution in [3.05, 3.63) is 35.9 Å². The highest BCUT2D eigenvalue weighted by Gasteiger charge is 2.33. The van der Waals surface area contributed by atoms with Crippen LogP contribution in [0.5, 0.6) is 0 Å². The molecule has 3 atom stereocenters. The van der Waals surface area contributed by atoms with Crippen molar-refractivity contribution >= 4 is 13.8 Å². The van der Waals surface area contributed by atoms with Crippen LogP contribution in [0.4, 0.5) is 0 Å². The Balaban J connectivity index is 2.09. The first kappa shape index (κ1) is 12.8. The third-order valence-electron chi connectivity index (χ3n) is 3.44. The van der Waals surface area contributed by atoms with Gasteiger partial charge in [0.05, 0.1) is 20.5 Å². The molecule has 2 rings (SSSR count). The summed E-state index contributed by atoms with van der Waals surface area (Å²) in [5.41, 5.74) is 1.46. The van der Waals surface area contributed by atoms with E-state index in [-0.39, 0.29) is 7.55 Å². The number of rotatable bonds is 4. The quantitative estimate of drug-likeness (QED) is 0.823. The van der Waals surface area contributed by atoms with Gasteiger partial charge in [-0.05, 0) is 12.6 Å². The molecular weight excluding hydrogens is 227 g/mol. The predicted octanol–water partition coefficient (Wildman–Crippen LogP) is 2.17. The molecule has 3 heteroatoms. The molecule has 1 aliphatic heterocycles. The van der Waals surface area contributed by atoms with E-state index in [9.17, 15) is 0 Å². The van der Waals surface area contributed by atoms with Gasteiger partial charge in [0.1, 0.15) is 0 Å². The molecule has 0 spiro atoms. The molecule has 1 aliphatic rings. The Bertz CT molecular complexity index is 377. The molecule has 1 aromatic carbocycles. The van der Waals surface area contributed by atoms with Crippen LogP contribution in [-0.4, -0.2) is 50.3 Å². The van der Waals surface area contributed by atoms with Gasteiger partial charge in [-0.1, -0.05) is 30.3 Å². The summed E-state index contributed by atoms with van der Waals surface area (Å²) in [7, 11) is 2.00. The largest absolute Gasteiger partial charge is 0.315 e. The molecule has 3 unspecified atom stereocenters. The highest BCUT2D eigenvalue weighted by molar-refractivity contribution is 7.54. The zero-order valence-electron chi connectivity index (χ0n) is 10.8. The minimum atomic E-state index is -0.0754. The fourth-order valence-corrected chi connectivity index (χ4v) is 3.59. The molecule has 0 aromatic heterocycles. The number of likely N-dealkylation sites (tertiary alicyclic amines) is 1. The number of nitrogens with one attached hydrogen (secondary N) is 1. The Kier molecular flexibility index (Phi) is 4.33. The summed E-state index contributed by atoms with van der Waals surface area (Å²) < 4.78 is 0. The standard InChI is InChI=1S/C14H22N2P/c1-15-14-10-16(11-17(2)3)9-13(14)12-7-5-4-6-8-12/h4-8,13-15H,2,9-11H2,1,3H3/q+1. The van der Waals surface area contributed by atoms with E-state index in [1.165, 1.54) is 5.56 Å². The predicted molar refractivity (Wildman–Crippen MR) is 78.4 cm³/mol. The Hall–Kier alpha value is -0.690. The minimum absolute atomic E-state index is 0.0754. The number of hydrogen-bond acceptors (Lipinski definition) is 2. The van der Waals surface area contributed by atoms with Crippen molar-refractivity contribution in [2.45, 2.75) is 12.0 Å². The third-order valence-corrected chi connectivity index (χ3v) is 4.32. The van der Waals surface area contributed by atoms with Crippen LogP contribution in [0, 0.1) is 0 Å². The monoisotopic (exact) mass is 249 g/mol. The van der Waals surface area contributed by atoms with Crippen LogP contribution in [0.25, 0.3) is 0 Å². The van der Waals surface area contributed by atoms with Gasteiger partial charge in [-0.3, -0.25) is 4.90 Å². The maximum Gasteiger partial charge on any atom is 0.159 e. The summed E-state index contributed by atoms with van der Waals surface area (Å²) in [6, 6.07) is 11.4. The fourth-order valence-electron chi connectivity index (χ4n) is 2.67. The van der Waals surface area contributed by atoms with Crippen molar-refractivity contribution in [3.8, 4) is 0 Å². The lowest BCUT2D eigenvalue weighted by molar-refractivity contribution is 0.384. The molecule has 1 saturated heterocycles. The van der Waals surface area contributed by atoms with Crippen LogP contribution in [0.3, 0.4) is 0 Å². The van der Waals surface area contributed by atoms with Crippen molar-refractivity contribution in [2.24, 2.45) is 0 Å². The molecule has 0 saturated carbocycles. The Morgan fingerprint density at radius 1 is 1.35 bits per heavy atom. The topological polar surface area (TPSA) is 15.3 Å². The molecule has 0 radical (unpaired) electrons. The average Bonchev–Trinajstić information content (AvgIpc) is 2.72. The van der Waals surface area contributed by atoms with Gasteiger partial charge in [0, 0.05) is 25.0 Å². The van der Waals surface area contributed by atoms with Gasteiger partial charge < -0.3 is 5.32 Å². The lowest BCUT2D eigenvalue weighted by Gasteiger charge is -2.17.